The lowest BCUT2D eigenvalue weighted by molar-refractivity contribution is 0.568. The highest BCUT2D eigenvalue weighted by atomic mass is 32.2. The molecule has 0 radical (unpaired) electrons. The first-order valence-corrected chi connectivity index (χ1v) is 8.82. The van der Waals surface area contributed by atoms with Crippen molar-refractivity contribution in [3.05, 3.63) is 39.3 Å². The molecule has 0 bridgehead atoms. The number of nitrogens with one attached hydrogen (secondary N) is 1. The summed E-state index contributed by atoms with van der Waals surface area (Å²) in [5.41, 5.74) is 7.83. The second-order valence-electron chi connectivity index (χ2n) is 5.10. The van der Waals surface area contributed by atoms with E-state index in [-0.39, 0.29) is 10.9 Å². The van der Waals surface area contributed by atoms with Gasteiger partial charge in [0.2, 0.25) is 10.0 Å². The number of nitrogens with two attached hydrogens (primary N) is 1. The fraction of sp³-hybridized carbons (Fsp3) is 0.357. The Balaban J connectivity index is 2.30. The Morgan fingerprint density at radius 3 is 2.43 bits per heavy atom. The van der Waals surface area contributed by atoms with Gasteiger partial charge in [-0.05, 0) is 51.5 Å². The molecule has 1 heterocycles. The smallest absolute Gasteiger partial charge is 0.241 e. The zero-order chi connectivity index (χ0) is 15.8. The number of aryl methyl sites for hydroxylation is 3. The molecule has 0 amide bonds. The second-order valence-corrected chi connectivity index (χ2v) is 8.05. The number of hydrogen-bond donors (Lipinski definition) is 2. The van der Waals surface area contributed by atoms with Crippen molar-refractivity contribution < 1.29 is 8.42 Å². The number of rotatable bonds is 4. The van der Waals surface area contributed by atoms with Crippen LogP contribution in [0.25, 0.3) is 0 Å². The second kappa shape index (κ2) is 5.75. The van der Waals surface area contributed by atoms with Gasteiger partial charge in [0, 0.05) is 10.6 Å². The molecule has 1 unspecified atom stereocenters. The Kier molecular flexibility index (Phi) is 4.36. The molecule has 0 saturated heterocycles. The van der Waals surface area contributed by atoms with Gasteiger partial charge in [-0.25, -0.2) is 18.1 Å². The van der Waals surface area contributed by atoms with Gasteiger partial charge in [0.05, 0.1) is 21.6 Å². The van der Waals surface area contributed by atoms with Crippen molar-refractivity contribution >= 4 is 27.0 Å². The standard InChI is InChI=1S/C14H19N3O2S2/c1-8-5-12(15)7-13(6-8)21(18,19)17-10(3)14-9(2)16-11(4)20-14/h5-7,10,17H,15H2,1-4H3. The molecule has 0 spiro atoms. The minimum absolute atomic E-state index is 0.186. The maximum atomic E-state index is 12.5. The van der Waals surface area contributed by atoms with Crippen molar-refractivity contribution in [3.63, 3.8) is 0 Å². The molecule has 3 N–H and O–H groups in total. The van der Waals surface area contributed by atoms with Crippen molar-refractivity contribution in [1.29, 1.82) is 0 Å². The average Bonchev–Trinajstić information content (AvgIpc) is 2.66. The first-order chi connectivity index (χ1) is 9.69. The van der Waals surface area contributed by atoms with Crippen molar-refractivity contribution in [2.75, 3.05) is 5.73 Å². The van der Waals surface area contributed by atoms with E-state index in [4.69, 9.17) is 5.73 Å². The first kappa shape index (κ1) is 15.9. The molecule has 0 fully saturated rings. The highest BCUT2D eigenvalue weighted by molar-refractivity contribution is 7.89. The predicted molar refractivity (Wildman–Crippen MR) is 85.9 cm³/mol. The van der Waals surface area contributed by atoms with E-state index >= 15 is 0 Å². The van der Waals surface area contributed by atoms with Crippen molar-refractivity contribution in [1.82, 2.24) is 9.71 Å². The average molecular weight is 325 g/mol. The summed E-state index contributed by atoms with van der Waals surface area (Å²) < 4.78 is 27.6. The van der Waals surface area contributed by atoms with Crippen LogP contribution in [0.15, 0.2) is 23.1 Å². The van der Waals surface area contributed by atoms with Gasteiger partial charge < -0.3 is 5.73 Å². The van der Waals surface area contributed by atoms with Gasteiger partial charge >= 0.3 is 0 Å². The van der Waals surface area contributed by atoms with Gasteiger partial charge in [0.25, 0.3) is 0 Å². The Labute approximate surface area is 129 Å². The summed E-state index contributed by atoms with van der Waals surface area (Å²) in [5, 5.41) is 0.924. The SMILES string of the molecule is Cc1cc(N)cc(S(=O)(=O)NC(C)c2sc(C)nc2C)c1. The van der Waals surface area contributed by atoms with Crippen LogP contribution in [0, 0.1) is 20.8 Å². The largest absolute Gasteiger partial charge is 0.399 e. The number of aromatic nitrogens is 1. The van der Waals surface area contributed by atoms with Crippen LogP contribution in [-0.4, -0.2) is 13.4 Å². The highest BCUT2D eigenvalue weighted by Crippen LogP contribution is 2.26. The van der Waals surface area contributed by atoms with E-state index in [2.05, 4.69) is 9.71 Å². The van der Waals surface area contributed by atoms with Crippen LogP contribution in [0.3, 0.4) is 0 Å². The van der Waals surface area contributed by atoms with Gasteiger partial charge in [-0.3, -0.25) is 0 Å². The Hall–Kier alpha value is -1.44. The number of nitrogen functional groups attached to an aromatic ring is 1. The number of thiazole rings is 1. The van der Waals surface area contributed by atoms with E-state index in [1.165, 1.54) is 17.4 Å². The Morgan fingerprint density at radius 1 is 1.24 bits per heavy atom. The molecule has 0 aliphatic rings. The van der Waals surface area contributed by atoms with Gasteiger partial charge in [-0.2, -0.15) is 0 Å². The van der Waals surface area contributed by atoms with E-state index in [0.29, 0.717) is 5.69 Å². The highest BCUT2D eigenvalue weighted by Gasteiger charge is 2.21. The molecule has 1 atom stereocenters. The normalized spacial score (nSPS) is 13.3. The minimum atomic E-state index is -3.61. The van der Waals surface area contributed by atoms with E-state index in [1.54, 1.807) is 12.1 Å². The van der Waals surface area contributed by atoms with E-state index in [0.717, 1.165) is 21.1 Å². The molecular weight excluding hydrogens is 306 g/mol. The van der Waals surface area contributed by atoms with Gasteiger partial charge in [0.1, 0.15) is 0 Å². The van der Waals surface area contributed by atoms with E-state index in [1.807, 2.05) is 27.7 Å². The maximum Gasteiger partial charge on any atom is 0.241 e. The van der Waals surface area contributed by atoms with Gasteiger partial charge in [-0.1, -0.05) is 0 Å². The molecule has 1 aromatic heterocycles. The molecule has 2 aromatic rings. The lowest BCUT2D eigenvalue weighted by Crippen LogP contribution is -2.27. The monoisotopic (exact) mass is 325 g/mol. The zero-order valence-corrected chi connectivity index (χ0v) is 14.1. The van der Waals surface area contributed by atoms with E-state index in [9.17, 15) is 8.42 Å². The summed E-state index contributed by atoms with van der Waals surface area (Å²) in [6.45, 7) is 7.42. The lowest BCUT2D eigenvalue weighted by atomic mass is 10.2. The summed E-state index contributed by atoms with van der Waals surface area (Å²) in [5.74, 6) is 0. The fourth-order valence-corrected chi connectivity index (χ4v) is 4.59. The Bertz CT molecular complexity index is 746. The molecule has 2 rings (SSSR count). The van der Waals surface area contributed by atoms with Crippen LogP contribution < -0.4 is 10.5 Å². The quantitative estimate of drug-likeness (QED) is 0.846. The van der Waals surface area contributed by atoms with Crippen LogP contribution in [0.5, 0.6) is 0 Å². The van der Waals surface area contributed by atoms with Crippen molar-refractivity contribution in [2.24, 2.45) is 0 Å². The molecule has 0 saturated carbocycles. The molecule has 21 heavy (non-hydrogen) atoms. The third kappa shape index (κ3) is 3.61. The van der Waals surface area contributed by atoms with Crippen LogP contribution in [0.2, 0.25) is 0 Å². The van der Waals surface area contributed by atoms with E-state index < -0.39 is 10.0 Å². The summed E-state index contributed by atoms with van der Waals surface area (Å²) in [6.07, 6.45) is 0. The topological polar surface area (TPSA) is 85.1 Å². The summed E-state index contributed by atoms with van der Waals surface area (Å²) in [6, 6.07) is 4.48. The van der Waals surface area contributed by atoms with Crippen LogP contribution >= 0.6 is 11.3 Å². The predicted octanol–water partition coefficient (Wildman–Crippen LogP) is 2.69. The number of anilines is 1. The zero-order valence-electron chi connectivity index (χ0n) is 12.5. The van der Waals surface area contributed by atoms with Crippen molar-refractivity contribution in [2.45, 2.75) is 38.6 Å². The lowest BCUT2D eigenvalue weighted by Gasteiger charge is -2.14. The molecule has 114 valence electrons. The minimum Gasteiger partial charge on any atom is -0.399 e. The summed E-state index contributed by atoms with van der Waals surface area (Å²) in [4.78, 5) is 5.44. The van der Waals surface area contributed by atoms with Crippen LogP contribution in [0.1, 0.15) is 34.1 Å². The number of sulfonamides is 1. The molecule has 1 aromatic carbocycles. The first-order valence-electron chi connectivity index (χ1n) is 6.52. The molecule has 0 aliphatic heterocycles. The summed E-state index contributed by atoms with van der Waals surface area (Å²) >= 11 is 1.50. The van der Waals surface area contributed by atoms with Crippen LogP contribution in [0.4, 0.5) is 5.69 Å². The number of benzene rings is 1. The Morgan fingerprint density at radius 2 is 1.90 bits per heavy atom. The third-order valence-electron chi connectivity index (χ3n) is 3.05. The number of nitrogens with zero attached hydrogens (tertiary/aromatic N) is 1. The van der Waals surface area contributed by atoms with Gasteiger partial charge in [-0.15, -0.1) is 11.3 Å². The van der Waals surface area contributed by atoms with Crippen molar-refractivity contribution in [3.8, 4) is 0 Å². The third-order valence-corrected chi connectivity index (χ3v) is 5.82. The van der Waals surface area contributed by atoms with Crippen LogP contribution in [-0.2, 0) is 10.0 Å². The molecular formula is C14H19N3O2S2. The van der Waals surface area contributed by atoms with Gasteiger partial charge in [0.15, 0.2) is 0 Å². The molecule has 7 heteroatoms. The molecule has 0 aliphatic carbocycles. The maximum absolute atomic E-state index is 12.5. The number of hydrogen-bond acceptors (Lipinski definition) is 5. The summed E-state index contributed by atoms with van der Waals surface area (Å²) in [7, 11) is -3.61. The molecule has 5 nitrogen and oxygen atoms in total. The fourth-order valence-electron chi connectivity index (χ4n) is 2.23.